The fourth-order valence-corrected chi connectivity index (χ4v) is 3.56. The molecule has 3 N–H and O–H groups in total. The Hall–Kier alpha value is -3.02. The summed E-state index contributed by atoms with van der Waals surface area (Å²) in [6.45, 7) is 3.94. The number of fused-ring (bicyclic) bond motifs is 1. The van der Waals surface area contributed by atoms with Gasteiger partial charge in [-0.05, 0) is 42.2 Å². The van der Waals surface area contributed by atoms with Crippen molar-refractivity contribution in [3.63, 3.8) is 0 Å². The third-order valence-corrected chi connectivity index (χ3v) is 5.22. The van der Waals surface area contributed by atoms with Gasteiger partial charge in [0.1, 0.15) is 6.04 Å². The van der Waals surface area contributed by atoms with E-state index in [9.17, 15) is 4.79 Å². The largest absolute Gasteiger partial charge is 0.271 e. The number of amides is 1. The molecular formula is C23H24N4O. The topological polar surface area (TPSA) is 65.5 Å². The van der Waals surface area contributed by atoms with Crippen molar-refractivity contribution in [3.05, 3.63) is 83.4 Å². The number of carbonyl (C=O) groups excluding carboxylic acids is 1. The molecule has 1 fully saturated rings. The lowest BCUT2D eigenvalue weighted by Gasteiger charge is -2.13. The van der Waals surface area contributed by atoms with E-state index in [2.05, 4.69) is 51.7 Å². The van der Waals surface area contributed by atoms with Gasteiger partial charge in [-0.15, -0.1) is 0 Å². The Kier molecular flexibility index (Phi) is 5.19. The molecule has 2 unspecified atom stereocenters. The quantitative estimate of drug-likeness (QED) is 0.484. The molecule has 1 aliphatic rings. The van der Waals surface area contributed by atoms with E-state index in [1.807, 2.05) is 50.2 Å². The summed E-state index contributed by atoms with van der Waals surface area (Å²) in [4.78, 5) is 12.6. The van der Waals surface area contributed by atoms with Crippen LogP contribution < -0.4 is 16.3 Å². The molecule has 1 saturated heterocycles. The number of hydrazone groups is 1. The lowest BCUT2D eigenvalue weighted by Crippen LogP contribution is -2.41. The highest BCUT2D eigenvalue weighted by Crippen LogP contribution is 2.29. The number of aryl methyl sites for hydroxylation is 1. The minimum atomic E-state index is -0.335. The Bertz CT molecular complexity index is 1020. The molecule has 5 heteroatoms. The molecule has 28 heavy (non-hydrogen) atoms. The first-order valence-electron chi connectivity index (χ1n) is 9.52. The normalized spacial score (nSPS) is 19.7. The Morgan fingerprint density at radius 2 is 1.75 bits per heavy atom. The van der Waals surface area contributed by atoms with E-state index in [0.717, 1.165) is 11.3 Å². The molecular weight excluding hydrogens is 348 g/mol. The Morgan fingerprint density at radius 3 is 2.57 bits per heavy atom. The predicted octanol–water partition coefficient (Wildman–Crippen LogP) is 3.60. The van der Waals surface area contributed by atoms with Crippen LogP contribution in [0, 0.1) is 6.92 Å². The second-order valence-electron chi connectivity index (χ2n) is 7.24. The molecule has 0 bridgehead atoms. The van der Waals surface area contributed by atoms with Crippen LogP contribution in [0.5, 0.6) is 0 Å². The maximum absolute atomic E-state index is 12.6. The zero-order valence-corrected chi connectivity index (χ0v) is 16.1. The average molecular weight is 372 g/mol. The van der Waals surface area contributed by atoms with Gasteiger partial charge in [-0.1, -0.05) is 72.3 Å². The summed E-state index contributed by atoms with van der Waals surface area (Å²) in [5, 5.41) is 6.67. The van der Waals surface area contributed by atoms with Crippen LogP contribution in [0.25, 0.3) is 10.8 Å². The van der Waals surface area contributed by atoms with Gasteiger partial charge in [-0.25, -0.2) is 16.3 Å². The number of hydrazine groups is 1. The van der Waals surface area contributed by atoms with Crippen molar-refractivity contribution in [1.29, 1.82) is 0 Å². The van der Waals surface area contributed by atoms with E-state index >= 15 is 0 Å². The number of carbonyl (C=O) groups is 1. The Labute approximate surface area is 164 Å². The molecule has 0 saturated carbocycles. The van der Waals surface area contributed by atoms with E-state index in [4.69, 9.17) is 0 Å². The number of nitrogens with zero attached hydrogens (tertiary/aromatic N) is 1. The van der Waals surface area contributed by atoms with Crippen molar-refractivity contribution >= 4 is 22.4 Å². The second-order valence-corrected chi connectivity index (χ2v) is 7.24. The maximum Gasteiger partial charge on any atom is 0.258 e. The van der Waals surface area contributed by atoms with Crippen LogP contribution in [0.2, 0.25) is 0 Å². The van der Waals surface area contributed by atoms with Gasteiger partial charge in [0, 0.05) is 6.04 Å². The SMILES string of the molecule is C/C(=N/NC(=O)C1CC(c2cccc3ccccc23)NN1)c1ccc(C)cc1. The first kappa shape index (κ1) is 18.3. The summed E-state index contributed by atoms with van der Waals surface area (Å²) in [7, 11) is 0. The van der Waals surface area contributed by atoms with E-state index in [1.54, 1.807) is 0 Å². The van der Waals surface area contributed by atoms with Crippen LogP contribution in [0.15, 0.2) is 71.8 Å². The van der Waals surface area contributed by atoms with Crippen LogP contribution in [0.1, 0.15) is 36.1 Å². The summed E-state index contributed by atoms with van der Waals surface area (Å²) in [6.07, 6.45) is 0.666. The second kappa shape index (κ2) is 7.92. The van der Waals surface area contributed by atoms with Crippen molar-refractivity contribution in [1.82, 2.24) is 16.3 Å². The van der Waals surface area contributed by atoms with Crippen LogP contribution in [0.4, 0.5) is 0 Å². The summed E-state index contributed by atoms with van der Waals surface area (Å²) in [5.41, 5.74) is 13.2. The van der Waals surface area contributed by atoms with Crippen molar-refractivity contribution in [2.45, 2.75) is 32.4 Å². The standard InChI is InChI=1S/C23H24N4O/c1-15-10-12-17(13-11-15)16(2)24-27-23(28)22-14-21(25-26-22)20-9-5-7-18-6-3-4-8-19(18)20/h3-13,21-22,25-26H,14H2,1-2H3,(H,27,28)/b24-16-. The molecule has 0 spiro atoms. The first-order valence-corrected chi connectivity index (χ1v) is 9.52. The minimum absolute atomic E-state index is 0.0732. The van der Waals surface area contributed by atoms with Gasteiger partial charge in [0.25, 0.3) is 5.91 Å². The Balaban J connectivity index is 1.43. The van der Waals surface area contributed by atoms with Crippen LogP contribution in [-0.2, 0) is 4.79 Å². The molecule has 0 radical (unpaired) electrons. The summed E-state index contributed by atoms with van der Waals surface area (Å²) < 4.78 is 0. The molecule has 5 nitrogen and oxygen atoms in total. The highest BCUT2D eigenvalue weighted by molar-refractivity contribution is 5.99. The highest BCUT2D eigenvalue weighted by atomic mass is 16.2. The predicted molar refractivity (Wildman–Crippen MR) is 113 cm³/mol. The molecule has 0 aliphatic carbocycles. The zero-order valence-electron chi connectivity index (χ0n) is 16.1. The van der Waals surface area contributed by atoms with E-state index in [0.29, 0.717) is 6.42 Å². The van der Waals surface area contributed by atoms with E-state index in [-0.39, 0.29) is 18.0 Å². The molecule has 4 rings (SSSR count). The van der Waals surface area contributed by atoms with Gasteiger partial charge in [0.2, 0.25) is 0 Å². The number of nitrogens with one attached hydrogen (secondary N) is 3. The van der Waals surface area contributed by atoms with Crippen LogP contribution >= 0.6 is 0 Å². The first-order chi connectivity index (χ1) is 13.6. The van der Waals surface area contributed by atoms with Gasteiger partial charge >= 0.3 is 0 Å². The molecule has 1 heterocycles. The number of hydrogen-bond donors (Lipinski definition) is 3. The minimum Gasteiger partial charge on any atom is -0.271 e. The van der Waals surface area contributed by atoms with Crippen molar-refractivity contribution in [3.8, 4) is 0 Å². The molecule has 2 atom stereocenters. The van der Waals surface area contributed by atoms with Crippen LogP contribution in [-0.4, -0.2) is 17.7 Å². The van der Waals surface area contributed by atoms with Crippen LogP contribution in [0.3, 0.4) is 0 Å². The molecule has 3 aromatic carbocycles. The van der Waals surface area contributed by atoms with Gasteiger partial charge in [-0.2, -0.15) is 5.10 Å². The molecule has 3 aromatic rings. The van der Waals surface area contributed by atoms with Crippen molar-refractivity contribution < 1.29 is 4.79 Å². The number of benzene rings is 3. The van der Waals surface area contributed by atoms with E-state index in [1.165, 1.54) is 21.9 Å². The van der Waals surface area contributed by atoms with Crippen molar-refractivity contribution in [2.24, 2.45) is 5.10 Å². The van der Waals surface area contributed by atoms with E-state index < -0.39 is 0 Å². The molecule has 0 aromatic heterocycles. The fraction of sp³-hybridized carbons (Fsp3) is 0.217. The monoisotopic (exact) mass is 372 g/mol. The third-order valence-electron chi connectivity index (χ3n) is 5.22. The fourth-order valence-electron chi connectivity index (χ4n) is 3.56. The Morgan fingerprint density at radius 1 is 1.00 bits per heavy atom. The van der Waals surface area contributed by atoms with Gasteiger partial charge < -0.3 is 0 Å². The van der Waals surface area contributed by atoms with Crippen molar-refractivity contribution in [2.75, 3.05) is 0 Å². The maximum atomic E-state index is 12.6. The summed E-state index contributed by atoms with van der Waals surface area (Å²) in [6, 6.07) is 22.4. The highest BCUT2D eigenvalue weighted by Gasteiger charge is 2.30. The van der Waals surface area contributed by atoms with Gasteiger partial charge in [-0.3, -0.25) is 4.79 Å². The number of hydrogen-bond acceptors (Lipinski definition) is 4. The smallest absolute Gasteiger partial charge is 0.258 e. The molecule has 1 amide bonds. The average Bonchev–Trinajstić information content (AvgIpc) is 3.22. The molecule has 142 valence electrons. The van der Waals surface area contributed by atoms with Gasteiger partial charge in [0.05, 0.1) is 5.71 Å². The summed E-state index contributed by atoms with van der Waals surface area (Å²) >= 11 is 0. The number of rotatable bonds is 4. The lowest BCUT2D eigenvalue weighted by atomic mass is 9.96. The lowest BCUT2D eigenvalue weighted by molar-refractivity contribution is -0.122. The third kappa shape index (κ3) is 3.81. The van der Waals surface area contributed by atoms with Gasteiger partial charge in [0.15, 0.2) is 0 Å². The summed E-state index contributed by atoms with van der Waals surface area (Å²) in [5.74, 6) is -0.137. The molecule has 1 aliphatic heterocycles. The zero-order chi connectivity index (χ0) is 19.5.